The van der Waals surface area contributed by atoms with Gasteiger partial charge >= 0.3 is 5.69 Å². The minimum absolute atomic E-state index is 0.113. The van der Waals surface area contributed by atoms with Crippen molar-refractivity contribution in [3.8, 4) is 0 Å². The summed E-state index contributed by atoms with van der Waals surface area (Å²) >= 11 is 0. The summed E-state index contributed by atoms with van der Waals surface area (Å²) in [4.78, 5) is 15.5. The first-order chi connectivity index (χ1) is 14.4. The van der Waals surface area contributed by atoms with Crippen LogP contribution in [-0.4, -0.2) is 36.0 Å². The van der Waals surface area contributed by atoms with Crippen molar-refractivity contribution in [2.45, 2.75) is 77.4 Å². The molecule has 4 rings (SSSR count). The number of rotatable bonds is 6. The Balaban J connectivity index is 1.39. The lowest BCUT2D eigenvalue weighted by atomic mass is 9.62. The molecule has 0 saturated heterocycles. The van der Waals surface area contributed by atoms with Gasteiger partial charge in [0.25, 0.3) is 0 Å². The van der Waals surface area contributed by atoms with Gasteiger partial charge in [-0.1, -0.05) is 6.92 Å². The molecule has 2 fully saturated rings. The number of aromatic nitrogens is 2. The van der Waals surface area contributed by atoms with Crippen molar-refractivity contribution in [2.75, 3.05) is 20.3 Å². The van der Waals surface area contributed by atoms with Gasteiger partial charge < -0.3 is 14.5 Å². The first-order valence-electron chi connectivity index (χ1n) is 11.4. The van der Waals surface area contributed by atoms with E-state index >= 15 is 0 Å². The second-order valence-corrected chi connectivity index (χ2v) is 9.64. The summed E-state index contributed by atoms with van der Waals surface area (Å²) in [5, 5.41) is 0. The number of nitrogens with zero attached hydrogens (tertiary/aromatic N) is 1. The Labute approximate surface area is 177 Å². The largest absolute Gasteiger partial charge is 0.382 e. The maximum Gasteiger partial charge on any atom is 0.326 e. The number of hydrogen-bond acceptors (Lipinski definition) is 3. The monoisotopic (exact) mass is 418 g/mol. The van der Waals surface area contributed by atoms with E-state index in [1.54, 1.807) is 20.1 Å². The molecule has 166 valence electrons. The smallest absolute Gasteiger partial charge is 0.326 e. The van der Waals surface area contributed by atoms with E-state index in [-0.39, 0.29) is 17.5 Å². The van der Waals surface area contributed by atoms with Crippen LogP contribution in [0.2, 0.25) is 0 Å². The number of benzene rings is 1. The van der Waals surface area contributed by atoms with Crippen LogP contribution >= 0.6 is 0 Å². The van der Waals surface area contributed by atoms with Crippen molar-refractivity contribution in [2.24, 2.45) is 11.3 Å². The Bertz CT molecular complexity index is 918. The van der Waals surface area contributed by atoms with Gasteiger partial charge in [0.05, 0.1) is 30.4 Å². The summed E-state index contributed by atoms with van der Waals surface area (Å²) < 4.78 is 26.8. The Hall–Kier alpha value is -1.66. The summed E-state index contributed by atoms with van der Waals surface area (Å²) in [6, 6.07) is 3.45. The van der Waals surface area contributed by atoms with E-state index in [0.29, 0.717) is 41.7 Å². The predicted molar refractivity (Wildman–Crippen MR) is 116 cm³/mol. The molecular weight excluding hydrogens is 383 g/mol. The van der Waals surface area contributed by atoms with Crippen molar-refractivity contribution in [3.05, 3.63) is 34.0 Å². The van der Waals surface area contributed by atoms with Gasteiger partial charge in [-0.05, 0) is 87.3 Å². The number of ether oxygens (including phenoxy) is 2. The van der Waals surface area contributed by atoms with Gasteiger partial charge in [-0.2, -0.15) is 0 Å². The van der Waals surface area contributed by atoms with Gasteiger partial charge in [0.1, 0.15) is 5.82 Å². The van der Waals surface area contributed by atoms with Crippen LogP contribution in [0.1, 0.15) is 69.9 Å². The van der Waals surface area contributed by atoms with E-state index < -0.39 is 0 Å². The van der Waals surface area contributed by atoms with Crippen LogP contribution in [0.15, 0.2) is 16.9 Å². The second kappa shape index (κ2) is 8.83. The zero-order valence-electron chi connectivity index (χ0n) is 18.5. The molecule has 2 aromatic rings. The van der Waals surface area contributed by atoms with Crippen LogP contribution in [0.5, 0.6) is 0 Å². The number of aromatic amines is 1. The molecule has 0 unspecified atom stereocenters. The fourth-order valence-corrected chi connectivity index (χ4v) is 5.77. The van der Waals surface area contributed by atoms with Crippen molar-refractivity contribution in [1.29, 1.82) is 0 Å². The number of hydrogen-bond donors (Lipinski definition) is 1. The molecule has 1 aromatic carbocycles. The molecular formula is C24H35FN2O3. The van der Waals surface area contributed by atoms with E-state index in [1.807, 2.05) is 4.57 Å². The first-order valence-corrected chi connectivity index (χ1v) is 11.4. The highest BCUT2D eigenvalue weighted by Gasteiger charge is 2.40. The van der Waals surface area contributed by atoms with Gasteiger partial charge in [0.2, 0.25) is 0 Å². The molecule has 6 heteroatoms. The zero-order chi connectivity index (χ0) is 21.3. The second-order valence-electron chi connectivity index (χ2n) is 9.64. The van der Waals surface area contributed by atoms with Crippen LogP contribution in [0.25, 0.3) is 11.0 Å². The van der Waals surface area contributed by atoms with Gasteiger partial charge in [0, 0.05) is 13.2 Å². The Kier molecular flexibility index (Phi) is 6.35. The quantitative estimate of drug-likeness (QED) is 0.663. The van der Waals surface area contributed by atoms with Gasteiger partial charge in [0.15, 0.2) is 0 Å². The molecule has 0 amide bonds. The third-order valence-electron chi connectivity index (χ3n) is 7.76. The topological polar surface area (TPSA) is 56.2 Å². The van der Waals surface area contributed by atoms with Crippen LogP contribution in [-0.2, 0) is 9.47 Å². The summed E-state index contributed by atoms with van der Waals surface area (Å²) in [6.07, 6.45) is 9.38. The lowest BCUT2D eigenvalue weighted by Crippen LogP contribution is -2.37. The van der Waals surface area contributed by atoms with Crippen LogP contribution < -0.4 is 5.69 Å². The number of methoxy groups -OCH3 is 1. The molecule has 0 radical (unpaired) electrons. The van der Waals surface area contributed by atoms with E-state index in [9.17, 15) is 9.18 Å². The molecule has 0 atom stereocenters. The summed E-state index contributed by atoms with van der Waals surface area (Å²) in [6.45, 7) is 5.56. The van der Waals surface area contributed by atoms with Crippen molar-refractivity contribution in [3.63, 3.8) is 0 Å². The highest BCUT2D eigenvalue weighted by Crippen LogP contribution is 2.50. The Morgan fingerprint density at radius 2 is 1.83 bits per heavy atom. The van der Waals surface area contributed by atoms with Gasteiger partial charge in [-0.3, -0.25) is 4.57 Å². The van der Waals surface area contributed by atoms with Crippen molar-refractivity contribution < 1.29 is 13.9 Å². The number of halogens is 1. The van der Waals surface area contributed by atoms with Crippen molar-refractivity contribution in [1.82, 2.24) is 9.55 Å². The third-order valence-corrected chi connectivity index (χ3v) is 7.76. The van der Waals surface area contributed by atoms with Crippen LogP contribution in [0.3, 0.4) is 0 Å². The maximum absolute atomic E-state index is 13.9. The van der Waals surface area contributed by atoms with Crippen LogP contribution in [0, 0.1) is 24.1 Å². The normalized spacial score (nSPS) is 30.1. The van der Waals surface area contributed by atoms with E-state index in [2.05, 4.69) is 11.9 Å². The van der Waals surface area contributed by atoms with E-state index in [0.717, 1.165) is 44.0 Å². The average Bonchev–Trinajstić information content (AvgIpc) is 3.05. The Morgan fingerprint density at radius 1 is 1.13 bits per heavy atom. The molecule has 1 N–H and O–H groups in total. The molecule has 1 heterocycles. The molecule has 2 aliphatic rings. The number of H-pyrrole nitrogens is 1. The third kappa shape index (κ3) is 4.22. The zero-order valence-corrected chi connectivity index (χ0v) is 18.5. The van der Waals surface area contributed by atoms with E-state index in [1.165, 1.54) is 18.9 Å². The fraction of sp³-hybridized carbons (Fsp3) is 0.708. The average molecular weight is 419 g/mol. The number of fused-ring (bicyclic) bond motifs is 1. The molecule has 0 aliphatic heterocycles. The molecule has 0 spiro atoms. The number of nitrogens with one attached hydrogen (secondary N) is 1. The lowest BCUT2D eigenvalue weighted by molar-refractivity contribution is -0.0373. The molecule has 5 nitrogen and oxygen atoms in total. The highest BCUT2D eigenvalue weighted by atomic mass is 19.1. The summed E-state index contributed by atoms with van der Waals surface area (Å²) in [5.41, 5.74) is 2.28. The molecule has 2 aliphatic carbocycles. The molecule has 30 heavy (non-hydrogen) atoms. The van der Waals surface area contributed by atoms with Gasteiger partial charge in [-0.15, -0.1) is 0 Å². The predicted octanol–water partition coefficient (Wildman–Crippen LogP) is 5.12. The molecule has 2 saturated carbocycles. The highest BCUT2D eigenvalue weighted by molar-refractivity contribution is 5.76. The Morgan fingerprint density at radius 3 is 2.50 bits per heavy atom. The first kappa shape index (κ1) is 21.6. The SMILES string of the molecule is COCCOC1CCC(C)(C2CCC(n3c(=O)[nH]c4cc(F)c(C)cc43)CC2)CC1. The molecule has 0 bridgehead atoms. The van der Waals surface area contributed by atoms with Gasteiger partial charge in [-0.25, -0.2) is 9.18 Å². The maximum atomic E-state index is 13.9. The minimum Gasteiger partial charge on any atom is -0.382 e. The summed E-state index contributed by atoms with van der Waals surface area (Å²) in [5.74, 6) is 0.433. The standard InChI is InChI=1S/C24H35FN2O3/c1-16-14-22-21(15-20(16)25)26-23(28)27(22)18-6-4-17(5-7-18)24(2)10-8-19(9-11-24)30-13-12-29-3/h14-15,17-19H,4-13H2,1-3H3,(H,26,28). The molecule has 1 aromatic heterocycles. The lowest BCUT2D eigenvalue weighted by Gasteiger charge is -2.46. The fourth-order valence-electron chi connectivity index (χ4n) is 5.77. The van der Waals surface area contributed by atoms with E-state index in [4.69, 9.17) is 9.47 Å². The minimum atomic E-state index is -0.269. The van der Waals surface area contributed by atoms with Crippen molar-refractivity contribution >= 4 is 11.0 Å². The van der Waals surface area contributed by atoms with Crippen LogP contribution in [0.4, 0.5) is 4.39 Å². The number of aryl methyl sites for hydroxylation is 1. The summed E-state index contributed by atoms with van der Waals surface area (Å²) in [7, 11) is 1.71. The number of imidazole rings is 1.